The summed E-state index contributed by atoms with van der Waals surface area (Å²) in [6.07, 6.45) is -4.40. The first-order valence-electron chi connectivity index (χ1n) is 11.1. The highest BCUT2D eigenvalue weighted by Gasteiger charge is 2.57. The average Bonchev–Trinajstić information content (AvgIpc) is 3.54. The maximum absolute atomic E-state index is 13.8. The van der Waals surface area contributed by atoms with Crippen LogP contribution in [0.5, 0.6) is 0 Å². The first-order valence-corrected chi connectivity index (χ1v) is 11.1. The van der Waals surface area contributed by atoms with Crippen molar-refractivity contribution < 1.29 is 46.4 Å². The first kappa shape index (κ1) is 24.9. The van der Waals surface area contributed by atoms with Crippen LogP contribution < -0.4 is 0 Å². The van der Waals surface area contributed by atoms with Crippen molar-refractivity contribution in [3.05, 3.63) is 71.7 Å². The lowest BCUT2D eigenvalue weighted by Crippen LogP contribution is -2.57. The SMILES string of the molecule is COC(=O)C1OC2OC(c3ccccc3)OC2C(n2cc(-c3cc(F)c(F)c(F)c3)nn2)C1OC(C)=O. The molecule has 6 atom stereocenters. The minimum absolute atomic E-state index is 0.0180. The van der Waals surface area contributed by atoms with Crippen LogP contribution in [-0.4, -0.2) is 58.6 Å². The molecule has 2 saturated heterocycles. The summed E-state index contributed by atoms with van der Waals surface area (Å²) in [7, 11) is 1.14. The topological polar surface area (TPSA) is 111 Å². The summed E-state index contributed by atoms with van der Waals surface area (Å²) in [5.41, 5.74) is 0.551. The van der Waals surface area contributed by atoms with E-state index in [-0.39, 0.29) is 11.3 Å². The van der Waals surface area contributed by atoms with Gasteiger partial charge in [0.05, 0.1) is 13.3 Å². The molecule has 2 fully saturated rings. The average molecular weight is 519 g/mol. The van der Waals surface area contributed by atoms with Crippen molar-refractivity contribution in [2.75, 3.05) is 7.11 Å². The van der Waals surface area contributed by atoms with Gasteiger partial charge in [-0.25, -0.2) is 22.6 Å². The molecule has 6 unspecified atom stereocenters. The van der Waals surface area contributed by atoms with E-state index in [9.17, 15) is 22.8 Å². The molecule has 37 heavy (non-hydrogen) atoms. The zero-order chi connectivity index (χ0) is 26.3. The highest BCUT2D eigenvalue weighted by molar-refractivity contribution is 5.76. The molecule has 194 valence electrons. The molecule has 2 aliphatic rings. The number of hydrogen-bond acceptors (Lipinski definition) is 9. The van der Waals surface area contributed by atoms with Gasteiger partial charge in [0.2, 0.25) is 0 Å². The van der Waals surface area contributed by atoms with E-state index in [1.54, 1.807) is 24.3 Å². The summed E-state index contributed by atoms with van der Waals surface area (Å²) < 4.78 is 70.4. The van der Waals surface area contributed by atoms with Crippen LogP contribution in [-0.2, 0) is 33.3 Å². The summed E-state index contributed by atoms with van der Waals surface area (Å²) in [6.45, 7) is 1.15. The zero-order valence-corrected chi connectivity index (χ0v) is 19.4. The van der Waals surface area contributed by atoms with Gasteiger partial charge in [-0.15, -0.1) is 5.10 Å². The minimum atomic E-state index is -1.62. The van der Waals surface area contributed by atoms with Gasteiger partial charge in [-0.3, -0.25) is 4.79 Å². The standard InChI is InChI=1S/C24H20F3N3O7/c1-11(31)34-19-18(30-10-16(28-29-30)13-8-14(25)17(27)15(26)9-13)20-24(36-21(19)22(32)33-2)37-23(35-20)12-6-4-3-5-7-12/h3-10,18-21,23-24H,1-2H3. The number of benzene rings is 2. The molecule has 0 aliphatic carbocycles. The third-order valence-corrected chi connectivity index (χ3v) is 5.96. The molecule has 0 amide bonds. The summed E-state index contributed by atoms with van der Waals surface area (Å²) in [5, 5.41) is 7.96. The molecular weight excluding hydrogens is 499 g/mol. The second kappa shape index (κ2) is 9.92. The Morgan fingerprint density at radius 1 is 1.03 bits per heavy atom. The lowest BCUT2D eigenvalue weighted by atomic mass is 9.95. The Hall–Kier alpha value is -3.81. The Labute approximate surface area is 207 Å². The van der Waals surface area contributed by atoms with E-state index in [0.29, 0.717) is 5.56 Å². The van der Waals surface area contributed by atoms with E-state index < -0.39 is 66.3 Å². The van der Waals surface area contributed by atoms with Crippen LogP contribution in [0.15, 0.2) is 48.7 Å². The van der Waals surface area contributed by atoms with E-state index >= 15 is 0 Å². The molecule has 0 spiro atoms. The van der Waals surface area contributed by atoms with Gasteiger partial charge in [0.25, 0.3) is 0 Å². The van der Waals surface area contributed by atoms with Crippen molar-refractivity contribution >= 4 is 11.9 Å². The predicted molar refractivity (Wildman–Crippen MR) is 116 cm³/mol. The molecule has 2 aliphatic heterocycles. The number of methoxy groups -OCH3 is 1. The predicted octanol–water partition coefficient (Wildman–Crippen LogP) is 2.85. The van der Waals surface area contributed by atoms with Crippen molar-refractivity contribution in [1.82, 2.24) is 15.0 Å². The third-order valence-electron chi connectivity index (χ3n) is 5.96. The molecule has 0 N–H and O–H groups in total. The quantitative estimate of drug-likeness (QED) is 0.371. The number of rotatable bonds is 5. The molecule has 0 saturated carbocycles. The van der Waals surface area contributed by atoms with Gasteiger partial charge in [0.15, 0.2) is 42.2 Å². The largest absolute Gasteiger partial charge is 0.467 e. The van der Waals surface area contributed by atoms with Crippen LogP contribution in [0.3, 0.4) is 0 Å². The summed E-state index contributed by atoms with van der Waals surface area (Å²) >= 11 is 0. The molecule has 0 bridgehead atoms. The minimum Gasteiger partial charge on any atom is -0.467 e. The number of carbonyl (C=O) groups excluding carboxylic acids is 2. The van der Waals surface area contributed by atoms with Gasteiger partial charge < -0.3 is 23.7 Å². The van der Waals surface area contributed by atoms with E-state index in [4.69, 9.17) is 23.7 Å². The fourth-order valence-corrected chi connectivity index (χ4v) is 4.33. The van der Waals surface area contributed by atoms with Crippen molar-refractivity contribution in [2.45, 2.75) is 43.9 Å². The van der Waals surface area contributed by atoms with Gasteiger partial charge in [0, 0.05) is 18.1 Å². The van der Waals surface area contributed by atoms with Crippen LogP contribution in [0.1, 0.15) is 24.8 Å². The third kappa shape index (κ3) is 4.68. The van der Waals surface area contributed by atoms with E-state index in [1.165, 1.54) is 10.9 Å². The number of halogens is 3. The van der Waals surface area contributed by atoms with Gasteiger partial charge in [-0.2, -0.15) is 0 Å². The fourth-order valence-electron chi connectivity index (χ4n) is 4.33. The first-order chi connectivity index (χ1) is 17.8. The normalized spacial score (nSPS) is 26.9. The second-order valence-electron chi connectivity index (χ2n) is 8.33. The maximum Gasteiger partial charge on any atom is 0.339 e. The molecule has 2 aromatic carbocycles. The Morgan fingerprint density at radius 2 is 1.73 bits per heavy atom. The summed E-state index contributed by atoms with van der Waals surface area (Å²) in [5.74, 6) is -6.01. The molecule has 0 radical (unpaired) electrons. The highest BCUT2D eigenvalue weighted by atomic mass is 19.2. The number of nitrogens with zero attached hydrogens (tertiary/aromatic N) is 3. The summed E-state index contributed by atoms with van der Waals surface area (Å²) in [6, 6.07) is 9.40. The Bertz CT molecular complexity index is 1300. The van der Waals surface area contributed by atoms with Crippen LogP contribution in [0.25, 0.3) is 11.3 Å². The Morgan fingerprint density at radius 3 is 2.38 bits per heavy atom. The van der Waals surface area contributed by atoms with Gasteiger partial charge in [0.1, 0.15) is 17.8 Å². The number of carbonyl (C=O) groups is 2. The lowest BCUT2D eigenvalue weighted by molar-refractivity contribution is -0.241. The van der Waals surface area contributed by atoms with E-state index in [1.807, 2.05) is 6.07 Å². The lowest BCUT2D eigenvalue weighted by Gasteiger charge is -2.40. The fraction of sp³-hybridized carbons (Fsp3) is 0.333. The Kier molecular flexibility index (Phi) is 6.67. The molecule has 13 heteroatoms. The molecule has 10 nitrogen and oxygen atoms in total. The highest BCUT2D eigenvalue weighted by Crippen LogP contribution is 2.44. The van der Waals surface area contributed by atoms with Crippen molar-refractivity contribution in [3.63, 3.8) is 0 Å². The van der Waals surface area contributed by atoms with Crippen molar-refractivity contribution in [1.29, 1.82) is 0 Å². The number of esters is 2. The smallest absolute Gasteiger partial charge is 0.339 e. The molecule has 3 heterocycles. The zero-order valence-electron chi connectivity index (χ0n) is 19.4. The van der Waals surface area contributed by atoms with Crippen molar-refractivity contribution in [2.24, 2.45) is 0 Å². The maximum atomic E-state index is 13.8. The number of aromatic nitrogens is 3. The summed E-state index contributed by atoms with van der Waals surface area (Å²) in [4.78, 5) is 24.6. The number of ether oxygens (including phenoxy) is 5. The van der Waals surface area contributed by atoms with Gasteiger partial charge in [-0.1, -0.05) is 35.5 Å². The second-order valence-corrected chi connectivity index (χ2v) is 8.33. The van der Waals surface area contributed by atoms with Crippen molar-refractivity contribution in [3.8, 4) is 11.3 Å². The number of hydrogen-bond donors (Lipinski definition) is 0. The Balaban J connectivity index is 1.56. The molecule has 5 rings (SSSR count). The molecule has 3 aromatic rings. The molecule has 1 aromatic heterocycles. The van der Waals surface area contributed by atoms with Crippen LogP contribution in [0.2, 0.25) is 0 Å². The number of fused-ring (bicyclic) bond motifs is 1. The van der Waals surface area contributed by atoms with Crippen LogP contribution in [0.4, 0.5) is 13.2 Å². The van der Waals surface area contributed by atoms with Crippen LogP contribution >= 0.6 is 0 Å². The monoisotopic (exact) mass is 519 g/mol. The van der Waals surface area contributed by atoms with Crippen LogP contribution in [0, 0.1) is 17.5 Å². The molecular formula is C24H20F3N3O7. The van der Waals surface area contributed by atoms with Gasteiger partial charge >= 0.3 is 11.9 Å². The van der Waals surface area contributed by atoms with Gasteiger partial charge in [-0.05, 0) is 12.1 Å². The van der Waals surface area contributed by atoms with E-state index in [2.05, 4.69) is 10.3 Å². The van der Waals surface area contributed by atoms with E-state index in [0.717, 1.165) is 26.2 Å².